The van der Waals surface area contributed by atoms with Gasteiger partial charge in [0.1, 0.15) is 0 Å². The first-order valence-electron chi connectivity index (χ1n) is 8.02. The first-order chi connectivity index (χ1) is 9.78. The van der Waals surface area contributed by atoms with Gasteiger partial charge in [-0.1, -0.05) is 36.6 Å². The number of piperidine rings is 1. The third kappa shape index (κ3) is 2.76. The minimum Gasteiger partial charge on any atom is -0.306 e. The van der Waals surface area contributed by atoms with Crippen molar-refractivity contribution in [1.82, 2.24) is 4.90 Å². The maximum Gasteiger partial charge on any atom is 0.0477 e. The van der Waals surface area contributed by atoms with Crippen LogP contribution in [0.25, 0.3) is 0 Å². The summed E-state index contributed by atoms with van der Waals surface area (Å²) < 4.78 is 0. The Hall–Kier alpha value is -1.26. The predicted molar refractivity (Wildman–Crippen MR) is 84.8 cm³/mol. The molecule has 2 fully saturated rings. The second kappa shape index (κ2) is 6.02. The van der Waals surface area contributed by atoms with Crippen LogP contribution in [0.2, 0.25) is 0 Å². The van der Waals surface area contributed by atoms with Crippen LogP contribution in [0.3, 0.4) is 0 Å². The molecule has 1 heterocycles. The van der Waals surface area contributed by atoms with Crippen molar-refractivity contribution in [3.05, 3.63) is 35.4 Å². The molecule has 20 heavy (non-hydrogen) atoms. The number of likely N-dealkylation sites (N-methyl/N-ethyl adjacent to an activating group) is 1. The summed E-state index contributed by atoms with van der Waals surface area (Å²) in [5, 5.41) is 0. The number of terminal acetylenes is 1. The van der Waals surface area contributed by atoms with E-state index in [0.29, 0.717) is 11.8 Å². The molecule has 1 aromatic rings. The van der Waals surface area contributed by atoms with Crippen molar-refractivity contribution in [2.75, 3.05) is 20.1 Å². The van der Waals surface area contributed by atoms with Crippen LogP contribution in [-0.4, -0.2) is 25.0 Å². The normalized spacial score (nSPS) is 25.7. The van der Waals surface area contributed by atoms with Crippen LogP contribution in [0.5, 0.6) is 0 Å². The SMILES string of the molecule is C#CC(c1ccc(C2CCCN(C)C2)cc1)C1CCC1. The Bertz CT molecular complexity index is 477. The summed E-state index contributed by atoms with van der Waals surface area (Å²) in [6.07, 6.45) is 12.4. The first kappa shape index (κ1) is 13.7. The van der Waals surface area contributed by atoms with E-state index in [1.165, 1.54) is 56.3 Å². The van der Waals surface area contributed by atoms with E-state index < -0.39 is 0 Å². The first-order valence-corrected chi connectivity index (χ1v) is 8.02. The van der Waals surface area contributed by atoms with Gasteiger partial charge in [-0.3, -0.25) is 0 Å². The molecule has 0 spiro atoms. The average Bonchev–Trinajstić information content (AvgIpc) is 2.43. The average molecular weight is 267 g/mol. The minimum absolute atomic E-state index is 0.340. The number of nitrogens with zero attached hydrogens (tertiary/aromatic N) is 1. The number of benzene rings is 1. The molecule has 0 bridgehead atoms. The van der Waals surface area contributed by atoms with Crippen molar-refractivity contribution in [2.24, 2.45) is 5.92 Å². The molecule has 1 aliphatic heterocycles. The largest absolute Gasteiger partial charge is 0.306 e. The van der Waals surface area contributed by atoms with Crippen LogP contribution in [0.15, 0.2) is 24.3 Å². The highest BCUT2D eigenvalue weighted by molar-refractivity contribution is 5.33. The van der Waals surface area contributed by atoms with E-state index in [2.05, 4.69) is 42.1 Å². The van der Waals surface area contributed by atoms with E-state index in [9.17, 15) is 0 Å². The number of rotatable bonds is 3. The molecule has 1 nitrogen and oxygen atoms in total. The molecule has 3 rings (SSSR count). The van der Waals surface area contributed by atoms with Gasteiger partial charge in [0.05, 0.1) is 0 Å². The fourth-order valence-electron chi connectivity index (χ4n) is 3.69. The zero-order chi connectivity index (χ0) is 13.9. The molecular formula is C19H25N. The Labute approximate surface area is 123 Å². The van der Waals surface area contributed by atoms with Gasteiger partial charge in [0.2, 0.25) is 0 Å². The maximum absolute atomic E-state index is 5.76. The van der Waals surface area contributed by atoms with Crippen LogP contribution in [-0.2, 0) is 0 Å². The standard InChI is InChI=1S/C19H25N/c1-3-19(16-6-4-7-16)17-11-9-15(10-12-17)18-8-5-13-20(2)14-18/h1,9-12,16,18-19H,4-8,13-14H2,2H3. The fraction of sp³-hybridized carbons (Fsp3) is 0.579. The lowest BCUT2D eigenvalue weighted by atomic mass is 9.73. The Morgan fingerprint density at radius 3 is 2.45 bits per heavy atom. The summed E-state index contributed by atoms with van der Waals surface area (Å²) in [6.45, 7) is 2.44. The summed E-state index contributed by atoms with van der Waals surface area (Å²) in [7, 11) is 2.23. The second-order valence-electron chi connectivity index (χ2n) is 6.60. The highest BCUT2D eigenvalue weighted by Crippen LogP contribution is 2.39. The zero-order valence-electron chi connectivity index (χ0n) is 12.5. The topological polar surface area (TPSA) is 3.24 Å². The Balaban J connectivity index is 1.72. The van der Waals surface area contributed by atoms with E-state index in [1.54, 1.807) is 0 Å². The van der Waals surface area contributed by atoms with Crippen molar-refractivity contribution < 1.29 is 0 Å². The molecular weight excluding hydrogens is 242 g/mol. The molecule has 2 atom stereocenters. The lowest BCUT2D eigenvalue weighted by Gasteiger charge is -2.32. The van der Waals surface area contributed by atoms with Gasteiger partial charge in [-0.25, -0.2) is 0 Å². The summed E-state index contributed by atoms with van der Waals surface area (Å²) in [4.78, 5) is 2.45. The van der Waals surface area contributed by atoms with Gasteiger partial charge in [-0.05, 0) is 62.2 Å². The van der Waals surface area contributed by atoms with Gasteiger partial charge in [-0.15, -0.1) is 6.42 Å². The molecule has 2 unspecified atom stereocenters. The maximum atomic E-state index is 5.76. The smallest absolute Gasteiger partial charge is 0.0477 e. The monoisotopic (exact) mass is 267 g/mol. The van der Waals surface area contributed by atoms with Gasteiger partial charge >= 0.3 is 0 Å². The quantitative estimate of drug-likeness (QED) is 0.748. The van der Waals surface area contributed by atoms with E-state index in [-0.39, 0.29) is 0 Å². The van der Waals surface area contributed by atoms with E-state index in [4.69, 9.17) is 6.42 Å². The molecule has 0 radical (unpaired) electrons. The summed E-state index contributed by atoms with van der Waals surface area (Å²) in [5.41, 5.74) is 2.84. The lowest BCUT2D eigenvalue weighted by Crippen LogP contribution is -2.30. The molecule has 1 saturated heterocycles. The Kier molecular flexibility index (Phi) is 4.13. The van der Waals surface area contributed by atoms with Crippen LogP contribution < -0.4 is 0 Å². The molecule has 106 valence electrons. The van der Waals surface area contributed by atoms with Crippen LogP contribution in [0.4, 0.5) is 0 Å². The van der Waals surface area contributed by atoms with Gasteiger partial charge in [0, 0.05) is 12.5 Å². The highest BCUT2D eigenvalue weighted by Gasteiger charge is 2.27. The summed E-state index contributed by atoms with van der Waals surface area (Å²) in [5.74, 6) is 4.79. The zero-order valence-corrected chi connectivity index (χ0v) is 12.5. The van der Waals surface area contributed by atoms with Crippen molar-refractivity contribution in [1.29, 1.82) is 0 Å². The fourth-order valence-corrected chi connectivity index (χ4v) is 3.69. The lowest BCUT2D eigenvalue weighted by molar-refractivity contribution is 0.251. The van der Waals surface area contributed by atoms with Crippen molar-refractivity contribution in [3.8, 4) is 12.3 Å². The van der Waals surface area contributed by atoms with Gasteiger partial charge < -0.3 is 4.90 Å². The van der Waals surface area contributed by atoms with Gasteiger partial charge in [-0.2, -0.15) is 0 Å². The highest BCUT2D eigenvalue weighted by atomic mass is 15.1. The van der Waals surface area contributed by atoms with Crippen molar-refractivity contribution in [3.63, 3.8) is 0 Å². The number of hydrogen-bond acceptors (Lipinski definition) is 1. The molecule has 0 aromatic heterocycles. The van der Waals surface area contributed by atoms with Gasteiger partial charge in [0.15, 0.2) is 0 Å². The van der Waals surface area contributed by atoms with Crippen LogP contribution >= 0.6 is 0 Å². The number of hydrogen-bond donors (Lipinski definition) is 0. The minimum atomic E-state index is 0.340. The van der Waals surface area contributed by atoms with Gasteiger partial charge in [0.25, 0.3) is 0 Å². The van der Waals surface area contributed by atoms with Crippen LogP contribution in [0, 0.1) is 18.3 Å². The predicted octanol–water partition coefficient (Wildman–Crippen LogP) is 4.01. The van der Waals surface area contributed by atoms with E-state index in [0.717, 1.165) is 5.92 Å². The van der Waals surface area contributed by atoms with E-state index >= 15 is 0 Å². The Morgan fingerprint density at radius 1 is 1.15 bits per heavy atom. The molecule has 1 aliphatic carbocycles. The molecule has 1 heteroatoms. The summed E-state index contributed by atoms with van der Waals surface area (Å²) in [6, 6.07) is 9.21. The van der Waals surface area contributed by atoms with Crippen molar-refractivity contribution in [2.45, 2.75) is 43.9 Å². The van der Waals surface area contributed by atoms with Crippen LogP contribution in [0.1, 0.15) is 55.1 Å². The third-order valence-electron chi connectivity index (χ3n) is 5.19. The number of likely N-dealkylation sites (tertiary alicyclic amines) is 1. The molecule has 0 N–H and O–H groups in total. The second-order valence-corrected chi connectivity index (χ2v) is 6.60. The third-order valence-corrected chi connectivity index (χ3v) is 5.19. The summed E-state index contributed by atoms with van der Waals surface area (Å²) >= 11 is 0. The molecule has 2 aliphatic rings. The molecule has 0 amide bonds. The van der Waals surface area contributed by atoms with Crippen molar-refractivity contribution >= 4 is 0 Å². The molecule has 1 aromatic carbocycles. The van der Waals surface area contributed by atoms with E-state index in [1.807, 2.05) is 0 Å². The molecule has 1 saturated carbocycles. The Morgan fingerprint density at radius 2 is 1.90 bits per heavy atom.